The lowest BCUT2D eigenvalue weighted by atomic mass is 10.0. The standard InChI is InChI=1S/C40H48N10O10S/c1-20(24(41)9-11-61-2)47-26-13-21-5-7-29(51)23(12-21)39-49-36-32(60-39)8-6-25-35(36)22(15-42-25)14-27(40(58)59)48-34(55)19-43-33(54)18-45-38(57)28-4-3-10-50(28)46-17-31(53)30(52)16-44-37(26)56/h5-8,12,15,24,26-28,42,46-47,51H,1,3-4,9-11,13-14,16-19,41H2,2H3,(H,43,54)(H,44,56)(H,45,57)(H,48,55)(H,58,59)/t24-,26?,27?,28-/m0/s1. The zero-order valence-corrected chi connectivity index (χ0v) is 34.1. The van der Waals surface area contributed by atoms with Gasteiger partial charge in [-0.1, -0.05) is 12.6 Å². The summed E-state index contributed by atoms with van der Waals surface area (Å²) in [5, 5.41) is 36.0. The van der Waals surface area contributed by atoms with Gasteiger partial charge in [0.15, 0.2) is 5.58 Å². The number of hydrogen-bond donors (Lipinski definition) is 10. The fraction of sp³-hybridized carbons (Fsp3) is 0.400. The molecule has 4 aromatic rings. The Balaban J connectivity index is 1.32. The van der Waals surface area contributed by atoms with Crippen molar-refractivity contribution in [2.75, 3.05) is 44.7 Å². The minimum atomic E-state index is -1.42. The van der Waals surface area contributed by atoms with Gasteiger partial charge in [-0.25, -0.2) is 20.2 Å². The van der Waals surface area contributed by atoms with E-state index < -0.39 is 91.5 Å². The Bertz CT molecular complexity index is 2360. The average molecular weight is 861 g/mol. The first-order chi connectivity index (χ1) is 29.2. The van der Waals surface area contributed by atoms with Gasteiger partial charge in [0.25, 0.3) is 0 Å². The average Bonchev–Trinajstić information content (AvgIpc) is 4.00. The molecule has 1 saturated heterocycles. The largest absolute Gasteiger partial charge is 0.507 e. The summed E-state index contributed by atoms with van der Waals surface area (Å²) in [5.41, 5.74) is 12.0. The molecule has 4 amide bonds. The molecule has 21 heteroatoms. The van der Waals surface area contributed by atoms with E-state index in [0.29, 0.717) is 64.6 Å². The molecule has 2 aliphatic heterocycles. The van der Waals surface area contributed by atoms with Crippen molar-refractivity contribution < 1.29 is 48.2 Å². The number of ketones is 2. The molecule has 0 spiro atoms. The van der Waals surface area contributed by atoms with Gasteiger partial charge >= 0.3 is 5.97 Å². The van der Waals surface area contributed by atoms with Gasteiger partial charge in [-0.2, -0.15) is 11.8 Å². The number of aliphatic carboxylic acids is 1. The third kappa shape index (κ3) is 10.9. The topological polar surface area (TPSA) is 303 Å². The van der Waals surface area contributed by atoms with E-state index in [4.69, 9.17) is 15.1 Å². The monoisotopic (exact) mass is 860 g/mol. The molecule has 324 valence electrons. The fourth-order valence-corrected chi connectivity index (χ4v) is 7.60. The number of phenols is 1. The maximum absolute atomic E-state index is 13.7. The lowest BCUT2D eigenvalue weighted by Gasteiger charge is -2.24. The summed E-state index contributed by atoms with van der Waals surface area (Å²) < 4.78 is 6.11. The third-order valence-corrected chi connectivity index (χ3v) is 11.1. The number of hydrogen-bond acceptors (Lipinski definition) is 15. The van der Waals surface area contributed by atoms with Gasteiger partial charge in [0.1, 0.15) is 29.4 Å². The van der Waals surface area contributed by atoms with Crippen molar-refractivity contribution >= 4 is 74.9 Å². The number of phenolic OH excluding ortho intramolecular Hbond substituents is 1. The SMILES string of the molecule is C=C(NC1Cc2ccc(O)c(c2)-c2nc3c(ccc4[nH]cc(c43)CC(C(=O)O)NC(=O)CNC(=O)CNC(=O)[C@@H]3CCCN3NCC(=O)C(=O)CNC1=O)o2)[C@@H](N)CCSC. The highest BCUT2D eigenvalue weighted by atomic mass is 32.2. The van der Waals surface area contributed by atoms with Crippen molar-refractivity contribution in [3.63, 3.8) is 0 Å². The molecule has 0 radical (unpaired) electrons. The first kappa shape index (κ1) is 44.3. The van der Waals surface area contributed by atoms with Crippen LogP contribution in [0.3, 0.4) is 0 Å². The number of amides is 4. The number of rotatable bonds is 7. The van der Waals surface area contributed by atoms with E-state index in [9.17, 15) is 43.8 Å². The number of H-pyrrole nitrogens is 1. The number of aromatic amines is 1. The molecule has 2 aromatic heterocycles. The quantitative estimate of drug-likeness (QED) is 0.103. The molecular formula is C40H48N10O10S. The lowest BCUT2D eigenvalue weighted by molar-refractivity contribution is -0.141. The normalized spacial score (nSPS) is 21.2. The summed E-state index contributed by atoms with van der Waals surface area (Å²) in [7, 11) is 0. The van der Waals surface area contributed by atoms with Crippen molar-refractivity contribution in [1.29, 1.82) is 0 Å². The van der Waals surface area contributed by atoms with Gasteiger partial charge in [-0.05, 0) is 66.7 Å². The number of carbonyl (C=O) groups excluding carboxylic acids is 6. The zero-order valence-electron chi connectivity index (χ0n) is 33.3. The van der Waals surface area contributed by atoms with Crippen LogP contribution in [-0.4, -0.2) is 135 Å². The van der Waals surface area contributed by atoms with Crippen LogP contribution in [0.15, 0.2) is 53.2 Å². The molecular weight excluding hydrogens is 813 g/mol. The summed E-state index contributed by atoms with van der Waals surface area (Å²) in [6, 6.07) is 4.23. The molecule has 1 fully saturated rings. The van der Waals surface area contributed by atoms with Crippen LogP contribution in [0.2, 0.25) is 0 Å². The van der Waals surface area contributed by atoms with Crippen LogP contribution in [0.5, 0.6) is 5.75 Å². The second-order valence-electron chi connectivity index (χ2n) is 14.7. The maximum atomic E-state index is 13.7. The Morgan fingerprint density at radius 3 is 2.54 bits per heavy atom. The smallest absolute Gasteiger partial charge is 0.326 e. The van der Waals surface area contributed by atoms with Gasteiger partial charge in [0, 0.05) is 48.2 Å². The molecule has 61 heavy (non-hydrogen) atoms. The Morgan fingerprint density at radius 2 is 1.77 bits per heavy atom. The number of carboxylic acid groups (broad SMARTS) is 1. The Hall–Kier alpha value is -6.29. The van der Waals surface area contributed by atoms with Gasteiger partial charge in [0.2, 0.25) is 41.1 Å². The minimum absolute atomic E-state index is 0.00529. The summed E-state index contributed by atoms with van der Waals surface area (Å²) in [4.78, 5) is 98.1. The number of fused-ring (bicyclic) bond motifs is 5. The van der Waals surface area contributed by atoms with Gasteiger partial charge in [-0.15, -0.1) is 0 Å². The van der Waals surface area contributed by atoms with Gasteiger partial charge in [0.05, 0.1) is 31.7 Å². The summed E-state index contributed by atoms with van der Waals surface area (Å²) in [5.74, 6) is -5.18. The lowest BCUT2D eigenvalue weighted by Crippen LogP contribution is -2.53. The van der Waals surface area contributed by atoms with Crippen molar-refractivity contribution in [1.82, 2.24) is 47.0 Å². The Kier molecular flexibility index (Phi) is 14.4. The van der Waals surface area contributed by atoms with Crippen molar-refractivity contribution in [3.05, 3.63) is 59.9 Å². The number of hydrazine groups is 1. The van der Waals surface area contributed by atoms with Crippen LogP contribution in [-0.2, 0) is 46.4 Å². The molecule has 0 aliphatic carbocycles. The highest BCUT2D eigenvalue weighted by Crippen LogP contribution is 2.36. The molecule has 2 aromatic carbocycles. The number of aromatic hydroxyl groups is 1. The number of carboxylic acids is 1. The van der Waals surface area contributed by atoms with Crippen LogP contribution in [0.1, 0.15) is 30.4 Å². The number of nitrogens with one attached hydrogen (secondary N) is 7. The highest BCUT2D eigenvalue weighted by Gasteiger charge is 2.32. The number of nitrogens with two attached hydrogens (primary N) is 1. The summed E-state index contributed by atoms with van der Waals surface area (Å²) in [6.45, 7) is 2.26. The molecule has 6 rings (SSSR count). The highest BCUT2D eigenvalue weighted by molar-refractivity contribution is 7.98. The number of thioether (sulfide) groups is 1. The van der Waals surface area contributed by atoms with Crippen molar-refractivity contribution in [2.45, 2.75) is 56.3 Å². The molecule has 11 N–H and O–H groups in total. The molecule has 0 saturated carbocycles. The number of aromatic nitrogens is 2. The number of carbonyl (C=O) groups is 7. The maximum Gasteiger partial charge on any atom is 0.326 e. The fourth-order valence-electron chi connectivity index (χ4n) is 7.11. The third-order valence-electron chi connectivity index (χ3n) is 10.4. The van der Waals surface area contributed by atoms with Crippen LogP contribution in [0, 0.1) is 0 Å². The van der Waals surface area contributed by atoms with Crippen LogP contribution in [0.25, 0.3) is 33.5 Å². The van der Waals surface area contributed by atoms with Crippen molar-refractivity contribution in [3.8, 4) is 17.2 Å². The van der Waals surface area contributed by atoms with E-state index in [1.165, 1.54) is 11.1 Å². The van der Waals surface area contributed by atoms with Crippen molar-refractivity contribution in [2.24, 2.45) is 5.73 Å². The van der Waals surface area contributed by atoms with E-state index in [1.54, 1.807) is 42.2 Å². The van der Waals surface area contributed by atoms with E-state index in [1.807, 2.05) is 6.26 Å². The van der Waals surface area contributed by atoms with Crippen LogP contribution < -0.4 is 37.7 Å². The van der Waals surface area contributed by atoms with E-state index >= 15 is 0 Å². The Labute approximate surface area is 353 Å². The van der Waals surface area contributed by atoms with Gasteiger partial charge < -0.3 is 51.9 Å². The number of nitrogens with zero attached hydrogens (tertiary/aromatic N) is 2. The molecule has 2 aliphatic rings. The first-order valence-corrected chi connectivity index (χ1v) is 20.9. The molecule has 4 heterocycles. The summed E-state index contributed by atoms with van der Waals surface area (Å²) >= 11 is 1.60. The number of oxazole rings is 1. The molecule has 20 nitrogen and oxygen atoms in total. The van der Waals surface area contributed by atoms with Crippen LogP contribution >= 0.6 is 11.8 Å². The van der Waals surface area contributed by atoms with E-state index in [2.05, 4.69) is 43.6 Å². The van der Waals surface area contributed by atoms with Crippen LogP contribution in [0.4, 0.5) is 0 Å². The zero-order chi connectivity index (χ0) is 43.8. The van der Waals surface area contributed by atoms with E-state index in [0.717, 1.165) is 5.75 Å². The van der Waals surface area contributed by atoms with E-state index in [-0.39, 0.29) is 30.0 Å². The molecule has 4 atom stereocenters. The predicted molar refractivity (Wildman–Crippen MR) is 224 cm³/mol. The first-order valence-electron chi connectivity index (χ1n) is 19.5. The minimum Gasteiger partial charge on any atom is -0.507 e. The summed E-state index contributed by atoms with van der Waals surface area (Å²) in [6.07, 6.45) is 4.88. The van der Waals surface area contributed by atoms with Gasteiger partial charge in [-0.3, -0.25) is 28.8 Å². The Morgan fingerprint density at radius 1 is 1.02 bits per heavy atom. The second kappa shape index (κ2) is 19.8. The second-order valence-corrected chi connectivity index (χ2v) is 15.7. The molecule has 2 unspecified atom stereocenters. The number of Topliss-reactive ketones (excluding diaryl/α,β-unsaturated/α-hetero) is 2. The number of benzene rings is 2. The predicted octanol–water partition coefficient (Wildman–Crippen LogP) is -0.642. The molecule has 4 bridgehead atoms.